The van der Waals surface area contributed by atoms with Gasteiger partial charge >= 0.3 is 0 Å². The second-order valence-electron chi connectivity index (χ2n) is 7.07. The van der Waals surface area contributed by atoms with Gasteiger partial charge in [-0.1, -0.05) is 41.4 Å². The molecule has 2 aliphatic rings. The molecule has 0 spiro atoms. The lowest BCUT2D eigenvalue weighted by atomic mass is 10.0. The maximum Gasteiger partial charge on any atom is 0.282 e. The number of ether oxygens (including phenoxy) is 1. The number of amides is 2. The number of rotatable bonds is 3. The number of nitrogens with zero attached hydrogens (tertiary/aromatic N) is 2. The lowest BCUT2D eigenvalue weighted by Gasteiger charge is -2.29. The first kappa shape index (κ1) is 18.7. The SMILES string of the molecule is Cc1ccc(N2C(=O)C(c3ccc(Cl)cc3)=C(N3CCOCC3)C2=O)c(C)c1. The number of hydrogen-bond acceptors (Lipinski definition) is 4. The Balaban J connectivity index is 1.84. The van der Waals surface area contributed by atoms with Crippen molar-refractivity contribution < 1.29 is 14.3 Å². The van der Waals surface area contributed by atoms with Gasteiger partial charge in [0.15, 0.2) is 0 Å². The lowest BCUT2D eigenvalue weighted by Crippen LogP contribution is -2.40. The van der Waals surface area contributed by atoms with Crippen LogP contribution >= 0.6 is 11.6 Å². The molecule has 28 heavy (non-hydrogen) atoms. The molecular formula is C22H21ClN2O3. The molecular weight excluding hydrogens is 376 g/mol. The fourth-order valence-corrected chi connectivity index (χ4v) is 3.88. The van der Waals surface area contributed by atoms with Gasteiger partial charge < -0.3 is 9.64 Å². The monoisotopic (exact) mass is 396 g/mol. The van der Waals surface area contributed by atoms with Crippen LogP contribution in [0, 0.1) is 13.8 Å². The summed E-state index contributed by atoms with van der Waals surface area (Å²) in [6, 6.07) is 12.8. The molecule has 0 N–H and O–H groups in total. The molecule has 0 unspecified atom stereocenters. The maximum atomic E-state index is 13.4. The first-order valence-electron chi connectivity index (χ1n) is 9.26. The van der Waals surface area contributed by atoms with Crippen LogP contribution in [0.1, 0.15) is 16.7 Å². The van der Waals surface area contributed by atoms with E-state index in [1.165, 1.54) is 4.90 Å². The third-order valence-corrected chi connectivity index (χ3v) is 5.36. The van der Waals surface area contributed by atoms with Crippen LogP contribution in [0.15, 0.2) is 48.2 Å². The Morgan fingerprint density at radius 2 is 1.61 bits per heavy atom. The molecule has 2 aromatic rings. The Labute approximate surface area is 169 Å². The van der Waals surface area contributed by atoms with Crippen molar-refractivity contribution >= 4 is 34.7 Å². The van der Waals surface area contributed by atoms with Crippen LogP contribution in [0.5, 0.6) is 0 Å². The molecule has 0 aliphatic carbocycles. The summed E-state index contributed by atoms with van der Waals surface area (Å²) < 4.78 is 5.43. The van der Waals surface area contributed by atoms with Gasteiger partial charge in [0.2, 0.25) is 0 Å². The minimum atomic E-state index is -0.305. The number of carbonyl (C=O) groups is 2. The quantitative estimate of drug-likeness (QED) is 0.744. The number of imide groups is 1. The third-order valence-electron chi connectivity index (χ3n) is 5.11. The molecule has 4 rings (SSSR count). The Morgan fingerprint density at radius 3 is 2.25 bits per heavy atom. The normalized spacial score (nSPS) is 17.7. The van der Waals surface area contributed by atoms with Crippen molar-refractivity contribution in [2.24, 2.45) is 0 Å². The molecule has 2 aromatic carbocycles. The van der Waals surface area contributed by atoms with E-state index in [9.17, 15) is 9.59 Å². The van der Waals surface area contributed by atoms with Crippen molar-refractivity contribution in [2.45, 2.75) is 13.8 Å². The second kappa shape index (κ2) is 7.41. The molecule has 0 radical (unpaired) electrons. The highest BCUT2D eigenvalue weighted by molar-refractivity contribution is 6.45. The molecule has 5 nitrogen and oxygen atoms in total. The molecule has 2 heterocycles. The first-order valence-corrected chi connectivity index (χ1v) is 9.64. The molecule has 2 amide bonds. The van der Waals surface area contributed by atoms with Crippen LogP contribution < -0.4 is 4.90 Å². The zero-order chi connectivity index (χ0) is 19.8. The Bertz CT molecular complexity index is 976. The van der Waals surface area contributed by atoms with Gasteiger partial charge in [-0.3, -0.25) is 9.59 Å². The van der Waals surface area contributed by atoms with E-state index in [-0.39, 0.29) is 11.8 Å². The van der Waals surface area contributed by atoms with Gasteiger partial charge in [-0.25, -0.2) is 4.90 Å². The predicted octanol–water partition coefficient (Wildman–Crippen LogP) is 3.57. The lowest BCUT2D eigenvalue weighted by molar-refractivity contribution is -0.121. The minimum Gasteiger partial charge on any atom is -0.378 e. The number of aryl methyl sites for hydroxylation is 2. The molecule has 1 fully saturated rings. The van der Waals surface area contributed by atoms with Crippen molar-refractivity contribution in [1.29, 1.82) is 0 Å². The van der Waals surface area contributed by atoms with Gasteiger partial charge in [-0.2, -0.15) is 0 Å². The van der Waals surface area contributed by atoms with E-state index >= 15 is 0 Å². The minimum absolute atomic E-state index is 0.288. The van der Waals surface area contributed by atoms with Gasteiger partial charge in [0.25, 0.3) is 11.8 Å². The molecule has 0 atom stereocenters. The number of anilines is 1. The molecule has 6 heteroatoms. The zero-order valence-electron chi connectivity index (χ0n) is 15.9. The van der Waals surface area contributed by atoms with Crippen LogP contribution in [0.25, 0.3) is 5.57 Å². The topological polar surface area (TPSA) is 49.9 Å². The fourth-order valence-electron chi connectivity index (χ4n) is 3.75. The van der Waals surface area contributed by atoms with Gasteiger partial charge in [-0.05, 0) is 43.2 Å². The van der Waals surface area contributed by atoms with Gasteiger partial charge in [0.05, 0.1) is 24.5 Å². The number of carbonyl (C=O) groups excluding carboxylic acids is 2. The van der Waals surface area contributed by atoms with Gasteiger partial charge in [-0.15, -0.1) is 0 Å². The molecule has 1 saturated heterocycles. The summed E-state index contributed by atoms with van der Waals surface area (Å²) in [5, 5.41) is 0.584. The first-order chi connectivity index (χ1) is 13.5. The van der Waals surface area contributed by atoms with Crippen LogP contribution in [0.2, 0.25) is 5.02 Å². The second-order valence-corrected chi connectivity index (χ2v) is 7.50. The van der Waals surface area contributed by atoms with Crippen LogP contribution in [0.3, 0.4) is 0 Å². The van der Waals surface area contributed by atoms with E-state index in [1.807, 2.05) is 36.9 Å². The van der Waals surface area contributed by atoms with E-state index < -0.39 is 0 Å². The Kier molecular flexibility index (Phi) is 4.96. The smallest absolute Gasteiger partial charge is 0.282 e. The highest BCUT2D eigenvalue weighted by atomic mass is 35.5. The largest absolute Gasteiger partial charge is 0.378 e. The van der Waals surface area contributed by atoms with E-state index in [0.717, 1.165) is 11.1 Å². The molecule has 144 valence electrons. The highest BCUT2D eigenvalue weighted by Crippen LogP contribution is 2.36. The summed E-state index contributed by atoms with van der Waals surface area (Å²) in [7, 11) is 0. The average molecular weight is 397 g/mol. The van der Waals surface area contributed by atoms with Crippen LogP contribution in [-0.4, -0.2) is 43.0 Å². The summed E-state index contributed by atoms with van der Waals surface area (Å²) in [5.74, 6) is -0.593. The average Bonchev–Trinajstić information content (AvgIpc) is 2.94. The standard InChI is InChI=1S/C22H21ClN2O3/c1-14-3-8-18(15(2)13-14)25-21(26)19(16-4-6-17(23)7-5-16)20(22(25)27)24-9-11-28-12-10-24/h3-8,13H,9-12H2,1-2H3. The van der Waals surface area contributed by atoms with Crippen molar-refractivity contribution in [3.05, 3.63) is 69.9 Å². The summed E-state index contributed by atoms with van der Waals surface area (Å²) in [6.45, 7) is 6.11. The molecule has 0 bridgehead atoms. The number of halogens is 1. The Morgan fingerprint density at radius 1 is 0.929 bits per heavy atom. The summed E-state index contributed by atoms with van der Waals surface area (Å²) >= 11 is 6.02. The molecule has 0 aromatic heterocycles. The van der Waals surface area contributed by atoms with Crippen molar-refractivity contribution in [3.8, 4) is 0 Å². The van der Waals surface area contributed by atoms with Crippen LogP contribution in [-0.2, 0) is 14.3 Å². The summed E-state index contributed by atoms with van der Waals surface area (Å²) in [6.07, 6.45) is 0. The number of morpholine rings is 1. The van der Waals surface area contributed by atoms with Crippen molar-refractivity contribution in [1.82, 2.24) is 4.90 Å². The van der Waals surface area contributed by atoms with Crippen LogP contribution in [0.4, 0.5) is 5.69 Å². The van der Waals surface area contributed by atoms with Crippen molar-refractivity contribution in [3.63, 3.8) is 0 Å². The molecule has 2 aliphatic heterocycles. The maximum absolute atomic E-state index is 13.4. The number of hydrogen-bond donors (Lipinski definition) is 0. The summed E-state index contributed by atoms with van der Waals surface area (Å²) in [5.41, 5.74) is 4.14. The third kappa shape index (κ3) is 3.21. The van der Waals surface area contributed by atoms with Crippen molar-refractivity contribution in [2.75, 3.05) is 31.2 Å². The van der Waals surface area contributed by atoms with Gasteiger partial charge in [0.1, 0.15) is 5.70 Å². The van der Waals surface area contributed by atoms with E-state index in [2.05, 4.69) is 0 Å². The zero-order valence-corrected chi connectivity index (χ0v) is 16.6. The number of benzene rings is 2. The highest BCUT2D eigenvalue weighted by Gasteiger charge is 2.43. The fraction of sp³-hybridized carbons (Fsp3) is 0.273. The van der Waals surface area contributed by atoms with E-state index in [1.54, 1.807) is 24.3 Å². The van der Waals surface area contributed by atoms with Gasteiger partial charge in [0, 0.05) is 18.1 Å². The van der Waals surface area contributed by atoms with E-state index in [4.69, 9.17) is 16.3 Å². The summed E-state index contributed by atoms with van der Waals surface area (Å²) in [4.78, 5) is 30.1. The Hall–Kier alpha value is -2.63. The molecule has 0 saturated carbocycles. The van der Waals surface area contributed by atoms with E-state index in [0.29, 0.717) is 53.8 Å². The predicted molar refractivity (Wildman–Crippen MR) is 109 cm³/mol.